The van der Waals surface area contributed by atoms with Gasteiger partial charge in [-0.05, 0) is 0 Å². The number of hydrogen-bond acceptors (Lipinski definition) is 3. The quantitative estimate of drug-likeness (QED) is 0.315. The fourth-order valence-corrected chi connectivity index (χ4v) is 0. The first kappa shape index (κ1) is 9.04. The van der Waals surface area contributed by atoms with Gasteiger partial charge in [0.25, 0.3) is 0 Å². The molecule has 0 aliphatic carbocycles. The van der Waals surface area contributed by atoms with Crippen molar-refractivity contribution >= 4 is 5.97 Å². The van der Waals surface area contributed by atoms with Crippen LogP contribution in [0, 0.1) is 0 Å². The molecule has 0 saturated carbocycles. The van der Waals surface area contributed by atoms with Crippen molar-refractivity contribution < 1.29 is 20.4 Å². The Morgan fingerprint density at radius 2 is 2.00 bits per heavy atom. The van der Waals surface area contributed by atoms with Crippen LogP contribution in [0.5, 0.6) is 0 Å². The van der Waals surface area contributed by atoms with Crippen LogP contribution >= 0.6 is 0 Å². The lowest BCUT2D eigenvalue weighted by molar-refractivity contribution is -0.231. The van der Waals surface area contributed by atoms with Crippen LogP contribution in [0.4, 0.5) is 0 Å². The molecule has 0 spiro atoms. The molecule has 0 radical (unpaired) electrons. The minimum atomic E-state index is -0.690. The lowest BCUT2D eigenvalue weighted by atomic mass is 10.9. The van der Waals surface area contributed by atoms with E-state index in [0.717, 1.165) is 6.92 Å². The molecule has 0 heterocycles. The second-order valence-electron chi connectivity index (χ2n) is 0.583. The zero-order valence-electron chi connectivity index (χ0n) is 3.26. The minimum absolute atomic E-state index is 0. The molecule has 0 saturated heterocycles. The minimum Gasteiger partial charge on any atom is -0.412 e. The molecule has 0 aromatic heterocycles. The van der Waals surface area contributed by atoms with Crippen molar-refractivity contribution in [1.82, 2.24) is 0 Å². The Kier molecular flexibility index (Phi) is 6.61. The summed E-state index contributed by atoms with van der Waals surface area (Å²) >= 11 is 0. The lowest BCUT2D eigenvalue weighted by Crippen LogP contribution is -1.89. The van der Waals surface area contributed by atoms with E-state index < -0.39 is 5.97 Å². The number of carbonyl (C=O) groups excluding carboxylic acids is 1. The monoisotopic (exact) mass is 94.0 g/mol. The van der Waals surface area contributed by atoms with Gasteiger partial charge < -0.3 is 10.4 Å². The molecular formula is C2H6O4. The van der Waals surface area contributed by atoms with E-state index >= 15 is 0 Å². The maximum atomic E-state index is 9.34. The number of carbonyl (C=O) groups is 1. The van der Waals surface area contributed by atoms with E-state index in [4.69, 9.17) is 5.26 Å². The van der Waals surface area contributed by atoms with Gasteiger partial charge >= 0.3 is 5.97 Å². The lowest BCUT2D eigenvalue weighted by Gasteiger charge is -1.76. The first-order valence-electron chi connectivity index (χ1n) is 1.09. The summed E-state index contributed by atoms with van der Waals surface area (Å²) < 4.78 is 0. The molecule has 0 amide bonds. The van der Waals surface area contributed by atoms with Crippen molar-refractivity contribution in [2.45, 2.75) is 6.92 Å². The Balaban J connectivity index is 0. The highest BCUT2D eigenvalue weighted by Gasteiger charge is 1.79. The molecule has 0 aliphatic rings. The van der Waals surface area contributed by atoms with Crippen molar-refractivity contribution in [2.75, 3.05) is 0 Å². The van der Waals surface area contributed by atoms with Crippen molar-refractivity contribution in [3.05, 3.63) is 0 Å². The Bertz CT molecular complexity index is 40.8. The molecule has 4 heteroatoms. The van der Waals surface area contributed by atoms with Gasteiger partial charge in [0.05, 0.1) is 0 Å². The average Bonchev–Trinajstić information content (AvgIpc) is 1.38. The van der Waals surface area contributed by atoms with E-state index in [9.17, 15) is 4.79 Å². The topological polar surface area (TPSA) is 78.0 Å². The van der Waals surface area contributed by atoms with Crippen LogP contribution in [0.2, 0.25) is 0 Å². The van der Waals surface area contributed by atoms with Gasteiger partial charge in [0, 0.05) is 6.92 Å². The number of hydrogen-bond donors (Lipinski definition) is 1. The second-order valence-corrected chi connectivity index (χ2v) is 0.583. The molecule has 0 aromatic carbocycles. The third-order valence-electron chi connectivity index (χ3n) is 0.129. The normalized spacial score (nSPS) is 5.67. The summed E-state index contributed by atoms with van der Waals surface area (Å²) in [7, 11) is 0. The Hall–Kier alpha value is -0.610. The van der Waals surface area contributed by atoms with E-state index in [2.05, 4.69) is 4.89 Å². The molecule has 0 bridgehead atoms. The smallest absolute Gasteiger partial charge is 0.339 e. The summed E-state index contributed by atoms with van der Waals surface area (Å²) in [6.07, 6.45) is 0. The highest BCUT2D eigenvalue weighted by molar-refractivity contribution is 5.64. The molecule has 0 aliphatic heterocycles. The van der Waals surface area contributed by atoms with E-state index in [1.165, 1.54) is 0 Å². The van der Waals surface area contributed by atoms with E-state index in [1.54, 1.807) is 0 Å². The van der Waals surface area contributed by atoms with Crippen molar-refractivity contribution in [2.24, 2.45) is 0 Å². The summed E-state index contributed by atoms with van der Waals surface area (Å²) in [6.45, 7) is 1.11. The molecule has 38 valence electrons. The molecule has 0 unspecified atom stereocenters. The van der Waals surface area contributed by atoms with Gasteiger partial charge in [-0.15, -0.1) is 0 Å². The van der Waals surface area contributed by atoms with Crippen LogP contribution in [0.1, 0.15) is 6.92 Å². The third kappa shape index (κ3) is 10.0. The Morgan fingerprint density at radius 1 is 1.83 bits per heavy atom. The second kappa shape index (κ2) is 4.39. The molecule has 0 rings (SSSR count). The van der Waals surface area contributed by atoms with Crippen LogP contribution < -0.4 is 0 Å². The number of rotatable bonds is 0. The molecule has 0 aromatic rings. The molecule has 3 N–H and O–H groups in total. The fourth-order valence-electron chi connectivity index (χ4n) is 0. The average molecular weight is 94.1 g/mol. The first-order valence-corrected chi connectivity index (χ1v) is 1.09. The SMILES string of the molecule is CC(=O)OO.O. The highest BCUT2D eigenvalue weighted by Crippen LogP contribution is 1.59. The van der Waals surface area contributed by atoms with E-state index in [-0.39, 0.29) is 5.48 Å². The molecule has 0 atom stereocenters. The molecule has 6 heavy (non-hydrogen) atoms. The van der Waals surface area contributed by atoms with Crippen molar-refractivity contribution in [3.8, 4) is 0 Å². The molecular weight excluding hydrogens is 88.0 g/mol. The van der Waals surface area contributed by atoms with Gasteiger partial charge in [0.15, 0.2) is 0 Å². The van der Waals surface area contributed by atoms with E-state index in [0.29, 0.717) is 0 Å². The van der Waals surface area contributed by atoms with Crippen molar-refractivity contribution in [1.29, 1.82) is 0 Å². The third-order valence-corrected chi connectivity index (χ3v) is 0.129. The predicted molar refractivity (Wildman–Crippen MR) is 18.0 cm³/mol. The maximum absolute atomic E-state index is 9.34. The first-order chi connectivity index (χ1) is 2.27. The van der Waals surface area contributed by atoms with Crippen LogP contribution in [0.25, 0.3) is 0 Å². The zero-order chi connectivity index (χ0) is 4.28. The highest BCUT2D eigenvalue weighted by atomic mass is 17.1. The van der Waals surface area contributed by atoms with Gasteiger partial charge in [-0.3, -0.25) is 0 Å². The Morgan fingerprint density at radius 3 is 2.00 bits per heavy atom. The summed E-state index contributed by atoms with van der Waals surface area (Å²) in [4.78, 5) is 12.5. The summed E-state index contributed by atoms with van der Waals surface area (Å²) in [5.41, 5.74) is 0. The maximum Gasteiger partial charge on any atom is 0.339 e. The summed E-state index contributed by atoms with van der Waals surface area (Å²) in [5, 5.41) is 7.29. The van der Waals surface area contributed by atoms with Crippen LogP contribution in [0.3, 0.4) is 0 Å². The predicted octanol–water partition coefficient (Wildman–Crippen LogP) is -0.802. The van der Waals surface area contributed by atoms with Gasteiger partial charge in [-0.25, -0.2) is 4.79 Å². The Labute approximate surface area is 34.6 Å². The molecule has 4 nitrogen and oxygen atoms in total. The van der Waals surface area contributed by atoms with Crippen LogP contribution in [-0.2, 0) is 9.68 Å². The van der Waals surface area contributed by atoms with Gasteiger partial charge in [0.2, 0.25) is 0 Å². The van der Waals surface area contributed by atoms with Gasteiger partial charge in [-0.2, -0.15) is 5.26 Å². The summed E-state index contributed by atoms with van der Waals surface area (Å²) in [6, 6.07) is 0. The van der Waals surface area contributed by atoms with E-state index in [1.807, 2.05) is 0 Å². The summed E-state index contributed by atoms with van der Waals surface area (Å²) in [5.74, 6) is -0.690. The van der Waals surface area contributed by atoms with Crippen LogP contribution in [-0.4, -0.2) is 16.7 Å². The van der Waals surface area contributed by atoms with Crippen LogP contribution in [0.15, 0.2) is 0 Å². The molecule has 0 fully saturated rings. The fraction of sp³-hybridized carbons (Fsp3) is 0.500. The van der Waals surface area contributed by atoms with Gasteiger partial charge in [-0.1, -0.05) is 0 Å². The zero-order valence-corrected chi connectivity index (χ0v) is 3.26. The standard InChI is InChI=1S/C2H4O3.H2O/c1-2(3)5-4;/h4H,1H3;1H2. The van der Waals surface area contributed by atoms with Gasteiger partial charge in [0.1, 0.15) is 0 Å². The van der Waals surface area contributed by atoms with Crippen molar-refractivity contribution in [3.63, 3.8) is 0 Å². The largest absolute Gasteiger partial charge is 0.412 e.